The van der Waals surface area contributed by atoms with Gasteiger partial charge in [0.05, 0.1) is 12.7 Å². The lowest BCUT2D eigenvalue weighted by atomic mass is 10.1. The number of nitrogens with one attached hydrogen (secondary N) is 1. The van der Waals surface area contributed by atoms with Crippen LogP contribution in [0.5, 0.6) is 0 Å². The first kappa shape index (κ1) is 12.4. The van der Waals surface area contributed by atoms with Crippen LogP contribution >= 0.6 is 23.2 Å². The van der Waals surface area contributed by atoms with Gasteiger partial charge in [0.2, 0.25) is 0 Å². The zero-order chi connectivity index (χ0) is 12.1. The third-order valence-corrected chi connectivity index (χ3v) is 2.96. The van der Waals surface area contributed by atoms with Crippen molar-refractivity contribution in [1.29, 1.82) is 0 Å². The second-order valence-corrected chi connectivity index (χ2v) is 4.47. The molecule has 0 fully saturated rings. The van der Waals surface area contributed by atoms with Crippen LogP contribution in [-0.4, -0.2) is 11.5 Å². The molecule has 2 rings (SSSR count). The molecule has 5 heteroatoms. The van der Waals surface area contributed by atoms with Gasteiger partial charge in [-0.2, -0.15) is 0 Å². The van der Waals surface area contributed by atoms with Crippen LogP contribution in [0.15, 0.2) is 35.2 Å². The standard InChI is InChI=1S/C12H12Cl2N2O/c13-10-2-1-9(12(14)5-10)3-4-15-6-11-7-16-8-17-11/h1-2,5,7-8,15H,3-4,6H2. The maximum atomic E-state index is 6.07. The summed E-state index contributed by atoms with van der Waals surface area (Å²) >= 11 is 11.9. The minimum Gasteiger partial charge on any atom is -0.447 e. The van der Waals surface area contributed by atoms with Crippen LogP contribution in [0.3, 0.4) is 0 Å². The molecule has 0 radical (unpaired) electrons. The zero-order valence-corrected chi connectivity index (χ0v) is 10.6. The first-order valence-electron chi connectivity index (χ1n) is 5.28. The number of halogens is 2. The van der Waals surface area contributed by atoms with Crippen LogP contribution in [0.1, 0.15) is 11.3 Å². The minimum atomic E-state index is 0.661. The van der Waals surface area contributed by atoms with Gasteiger partial charge in [0, 0.05) is 10.0 Å². The molecule has 0 spiro atoms. The van der Waals surface area contributed by atoms with Gasteiger partial charge < -0.3 is 9.73 Å². The van der Waals surface area contributed by atoms with Gasteiger partial charge in [0.25, 0.3) is 0 Å². The fourth-order valence-electron chi connectivity index (χ4n) is 1.49. The monoisotopic (exact) mass is 270 g/mol. The number of rotatable bonds is 5. The van der Waals surface area contributed by atoms with E-state index in [9.17, 15) is 0 Å². The van der Waals surface area contributed by atoms with Crippen molar-refractivity contribution in [2.75, 3.05) is 6.54 Å². The van der Waals surface area contributed by atoms with Crippen molar-refractivity contribution in [3.8, 4) is 0 Å². The van der Waals surface area contributed by atoms with Crippen molar-refractivity contribution in [3.63, 3.8) is 0 Å². The Balaban J connectivity index is 1.78. The molecule has 90 valence electrons. The molecule has 0 atom stereocenters. The molecule has 0 unspecified atom stereocenters. The van der Waals surface area contributed by atoms with E-state index in [4.69, 9.17) is 27.6 Å². The molecule has 0 aliphatic carbocycles. The Morgan fingerprint density at radius 3 is 2.88 bits per heavy atom. The lowest BCUT2D eigenvalue weighted by Crippen LogP contribution is -2.16. The highest BCUT2D eigenvalue weighted by atomic mass is 35.5. The summed E-state index contributed by atoms with van der Waals surface area (Å²) in [5.74, 6) is 0.826. The van der Waals surface area contributed by atoms with Crippen molar-refractivity contribution in [2.45, 2.75) is 13.0 Å². The van der Waals surface area contributed by atoms with Crippen molar-refractivity contribution in [1.82, 2.24) is 10.3 Å². The summed E-state index contributed by atoms with van der Waals surface area (Å²) in [5, 5.41) is 4.62. The summed E-state index contributed by atoms with van der Waals surface area (Å²) in [5.41, 5.74) is 1.08. The van der Waals surface area contributed by atoms with Gasteiger partial charge in [-0.05, 0) is 30.7 Å². The number of benzene rings is 1. The van der Waals surface area contributed by atoms with Crippen LogP contribution in [-0.2, 0) is 13.0 Å². The molecule has 3 nitrogen and oxygen atoms in total. The molecule has 0 amide bonds. The summed E-state index contributed by atoms with van der Waals surface area (Å²) in [6.07, 6.45) is 3.97. The van der Waals surface area contributed by atoms with Gasteiger partial charge in [0.15, 0.2) is 6.39 Å². The van der Waals surface area contributed by atoms with Crippen LogP contribution in [0, 0.1) is 0 Å². The van der Waals surface area contributed by atoms with E-state index in [1.165, 1.54) is 6.39 Å². The van der Waals surface area contributed by atoms with E-state index in [2.05, 4.69) is 10.3 Å². The van der Waals surface area contributed by atoms with Gasteiger partial charge >= 0.3 is 0 Å². The maximum absolute atomic E-state index is 6.07. The summed E-state index contributed by atoms with van der Waals surface area (Å²) in [4.78, 5) is 3.84. The van der Waals surface area contributed by atoms with E-state index in [1.807, 2.05) is 12.1 Å². The van der Waals surface area contributed by atoms with Crippen molar-refractivity contribution < 1.29 is 4.42 Å². The third kappa shape index (κ3) is 3.73. The summed E-state index contributed by atoms with van der Waals surface area (Å²) in [6, 6.07) is 5.55. The molecule has 2 aromatic rings. The Labute approximate surface area is 110 Å². The van der Waals surface area contributed by atoms with E-state index >= 15 is 0 Å². The largest absolute Gasteiger partial charge is 0.447 e. The predicted octanol–water partition coefficient (Wildman–Crippen LogP) is 3.31. The van der Waals surface area contributed by atoms with E-state index in [1.54, 1.807) is 12.3 Å². The highest BCUT2D eigenvalue weighted by Gasteiger charge is 2.01. The number of oxazole rings is 1. The molecule has 1 N–H and O–H groups in total. The highest BCUT2D eigenvalue weighted by Crippen LogP contribution is 2.21. The molecule has 1 aromatic carbocycles. The third-order valence-electron chi connectivity index (χ3n) is 2.37. The average Bonchev–Trinajstić information content (AvgIpc) is 2.79. The number of hydrogen-bond donors (Lipinski definition) is 1. The fourth-order valence-corrected chi connectivity index (χ4v) is 1.99. The molecule has 0 aliphatic heterocycles. The Hall–Kier alpha value is -1.03. The van der Waals surface area contributed by atoms with E-state index < -0.39 is 0 Å². The number of nitrogens with zero attached hydrogens (tertiary/aromatic N) is 1. The lowest BCUT2D eigenvalue weighted by molar-refractivity contribution is 0.480. The van der Waals surface area contributed by atoms with Gasteiger partial charge in [-0.3, -0.25) is 0 Å². The fraction of sp³-hybridized carbons (Fsp3) is 0.250. The molecule has 0 aliphatic rings. The summed E-state index contributed by atoms with van der Waals surface area (Å²) in [7, 11) is 0. The molecule has 0 saturated carbocycles. The van der Waals surface area contributed by atoms with E-state index in [0.717, 1.165) is 24.3 Å². The Kier molecular flexibility index (Phi) is 4.42. The Morgan fingerprint density at radius 2 is 2.18 bits per heavy atom. The van der Waals surface area contributed by atoms with Crippen LogP contribution < -0.4 is 5.32 Å². The van der Waals surface area contributed by atoms with Crippen LogP contribution in [0.25, 0.3) is 0 Å². The maximum Gasteiger partial charge on any atom is 0.180 e. The predicted molar refractivity (Wildman–Crippen MR) is 68.4 cm³/mol. The first-order valence-corrected chi connectivity index (χ1v) is 6.03. The summed E-state index contributed by atoms with van der Waals surface area (Å²) < 4.78 is 5.11. The topological polar surface area (TPSA) is 38.1 Å². The molecule has 1 heterocycles. The van der Waals surface area contributed by atoms with Gasteiger partial charge in [-0.15, -0.1) is 0 Å². The van der Waals surface area contributed by atoms with Crippen molar-refractivity contribution in [2.24, 2.45) is 0 Å². The molecular formula is C12H12Cl2N2O. The number of aromatic nitrogens is 1. The average molecular weight is 271 g/mol. The molecule has 17 heavy (non-hydrogen) atoms. The molecule has 0 bridgehead atoms. The van der Waals surface area contributed by atoms with Gasteiger partial charge in [-0.1, -0.05) is 29.3 Å². The van der Waals surface area contributed by atoms with Crippen molar-refractivity contribution >= 4 is 23.2 Å². The van der Waals surface area contributed by atoms with Gasteiger partial charge in [-0.25, -0.2) is 4.98 Å². The smallest absolute Gasteiger partial charge is 0.180 e. The second kappa shape index (κ2) is 6.05. The van der Waals surface area contributed by atoms with E-state index in [-0.39, 0.29) is 0 Å². The zero-order valence-electron chi connectivity index (χ0n) is 9.12. The van der Waals surface area contributed by atoms with Crippen LogP contribution in [0.4, 0.5) is 0 Å². The SMILES string of the molecule is Clc1ccc(CCNCc2cnco2)c(Cl)c1. The molecule has 1 aromatic heterocycles. The first-order chi connectivity index (χ1) is 8.25. The molecule has 0 saturated heterocycles. The van der Waals surface area contributed by atoms with Crippen LogP contribution in [0.2, 0.25) is 10.0 Å². The highest BCUT2D eigenvalue weighted by molar-refractivity contribution is 6.35. The Bertz CT molecular complexity index is 471. The minimum absolute atomic E-state index is 0.661. The summed E-state index contributed by atoms with van der Waals surface area (Å²) in [6.45, 7) is 1.49. The molecular weight excluding hydrogens is 259 g/mol. The Morgan fingerprint density at radius 1 is 1.29 bits per heavy atom. The lowest BCUT2D eigenvalue weighted by Gasteiger charge is -2.05. The van der Waals surface area contributed by atoms with E-state index in [0.29, 0.717) is 16.6 Å². The quantitative estimate of drug-likeness (QED) is 0.848. The van der Waals surface area contributed by atoms with Crippen molar-refractivity contribution in [3.05, 3.63) is 52.2 Å². The second-order valence-electron chi connectivity index (χ2n) is 3.63. The normalized spacial score (nSPS) is 10.7. The van der Waals surface area contributed by atoms with Gasteiger partial charge in [0.1, 0.15) is 5.76 Å². The number of hydrogen-bond acceptors (Lipinski definition) is 3.